The summed E-state index contributed by atoms with van der Waals surface area (Å²) in [5, 5.41) is 0. The molecule has 3 aromatic carbocycles. The lowest BCUT2D eigenvalue weighted by Crippen LogP contribution is -2.25. The normalized spacial score (nSPS) is 17.0. The van der Waals surface area contributed by atoms with E-state index in [0.29, 0.717) is 38.5 Å². The van der Waals surface area contributed by atoms with Crippen molar-refractivity contribution in [2.24, 2.45) is 0 Å². The van der Waals surface area contributed by atoms with Gasteiger partial charge in [-0.1, -0.05) is 18.2 Å². The number of amides is 1. The minimum absolute atomic E-state index is 0.00782. The molecule has 0 spiro atoms. The third-order valence-corrected chi connectivity index (χ3v) is 7.00. The molecule has 1 fully saturated rings. The average Bonchev–Trinajstić information content (AvgIpc) is 3.46. The average molecular weight is 498 g/mol. The van der Waals surface area contributed by atoms with Gasteiger partial charge in [0.25, 0.3) is 0 Å². The van der Waals surface area contributed by atoms with Crippen LogP contribution < -0.4 is 19.1 Å². The maximum atomic E-state index is 13.1. The van der Waals surface area contributed by atoms with E-state index in [9.17, 15) is 4.79 Å². The molecule has 2 aliphatic heterocycles. The molecule has 7 heteroatoms. The Morgan fingerprint density at radius 3 is 2.59 bits per heavy atom. The molecule has 1 amide bonds. The van der Waals surface area contributed by atoms with Gasteiger partial charge in [0, 0.05) is 37.2 Å². The molecule has 6 rings (SSSR count). The van der Waals surface area contributed by atoms with Crippen molar-refractivity contribution >= 4 is 22.6 Å². The summed E-state index contributed by atoms with van der Waals surface area (Å²) in [6.07, 6.45) is 1.27. The Morgan fingerprint density at radius 1 is 0.973 bits per heavy atom. The highest BCUT2D eigenvalue weighted by Gasteiger charge is 2.35. The number of benzene rings is 3. The van der Waals surface area contributed by atoms with Gasteiger partial charge in [0.2, 0.25) is 5.91 Å². The zero-order valence-corrected chi connectivity index (χ0v) is 21.3. The minimum atomic E-state index is 0.00782. The number of anilines is 1. The molecule has 37 heavy (non-hydrogen) atoms. The van der Waals surface area contributed by atoms with E-state index in [-0.39, 0.29) is 11.8 Å². The molecular formula is C30H31N3O4. The Labute approximate surface area is 216 Å². The van der Waals surface area contributed by atoms with Gasteiger partial charge in [-0.2, -0.15) is 0 Å². The summed E-state index contributed by atoms with van der Waals surface area (Å²) < 4.78 is 19.7. The molecule has 7 nitrogen and oxygen atoms in total. The molecule has 0 saturated carbocycles. The van der Waals surface area contributed by atoms with E-state index in [1.165, 1.54) is 11.1 Å². The fourth-order valence-corrected chi connectivity index (χ4v) is 5.40. The molecule has 2 aliphatic rings. The molecule has 1 saturated heterocycles. The summed E-state index contributed by atoms with van der Waals surface area (Å²) in [4.78, 5) is 20.0. The lowest BCUT2D eigenvalue weighted by molar-refractivity contribution is -0.117. The number of imidazole rings is 1. The zero-order valence-electron chi connectivity index (χ0n) is 21.3. The van der Waals surface area contributed by atoms with Crippen LogP contribution in [-0.2, 0) is 11.3 Å². The van der Waals surface area contributed by atoms with Crippen molar-refractivity contribution < 1.29 is 19.0 Å². The van der Waals surface area contributed by atoms with E-state index in [0.717, 1.165) is 47.0 Å². The van der Waals surface area contributed by atoms with Crippen molar-refractivity contribution in [3.8, 4) is 17.2 Å². The number of carbonyl (C=O) groups excluding carboxylic acids is 1. The Hall–Kier alpha value is -4.00. The summed E-state index contributed by atoms with van der Waals surface area (Å²) >= 11 is 0. The van der Waals surface area contributed by atoms with Gasteiger partial charge in [0.05, 0.1) is 17.6 Å². The van der Waals surface area contributed by atoms with E-state index >= 15 is 0 Å². The number of hydrogen-bond donors (Lipinski definition) is 0. The molecule has 0 N–H and O–H groups in total. The van der Waals surface area contributed by atoms with E-state index in [2.05, 4.69) is 42.7 Å². The second-order valence-corrected chi connectivity index (χ2v) is 9.87. The number of aryl methyl sites for hydroxylation is 3. The van der Waals surface area contributed by atoms with Crippen molar-refractivity contribution in [2.75, 3.05) is 31.3 Å². The van der Waals surface area contributed by atoms with Gasteiger partial charge >= 0.3 is 0 Å². The number of ether oxygens (including phenoxy) is 3. The largest absolute Gasteiger partial charge is 0.494 e. The highest BCUT2D eigenvalue weighted by atomic mass is 16.6. The molecule has 3 heterocycles. The van der Waals surface area contributed by atoms with Crippen molar-refractivity contribution in [3.05, 3.63) is 77.6 Å². The summed E-state index contributed by atoms with van der Waals surface area (Å²) in [6, 6.07) is 20.2. The number of hydrogen-bond acceptors (Lipinski definition) is 5. The molecule has 0 bridgehead atoms. The van der Waals surface area contributed by atoms with Gasteiger partial charge in [-0.3, -0.25) is 4.79 Å². The standard InChI is InChI=1S/C30H31N3O4/c1-20-14-21(2)16-24(15-20)35-11-5-10-32-26-7-4-3-6-25(26)31-30(32)22-17-29(34)33(19-22)23-8-9-27-28(18-23)37-13-12-36-27/h3-4,6-9,14-16,18,22H,5,10-13,17,19H2,1-2H3. The summed E-state index contributed by atoms with van der Waals surface area (Å²) in [6.45, 7) is 7.20. The van der Waals surface area contributed by atoms with Gasteiger partial charge < -0.3 is 23.7 Å². The van der Waals surface area contributed by atoms with Crippen molar-refractivity contribution in [1.82, 2.24) is 9.55 Å². The van der Waals surface area contributed by atoms with Crippen LogP contribution in [0.25, 0.3) is 11.0 Å². The molecule has 1 atom stereocenters. The minimum Gasteiger partial charge on any atom is -0.494 e. The SMILES string of the molecule is Cc1cc(C)cc(OCCCn2c(C3CC(=O)N(c4ccc5c(c4)OCCO5)C3)nc3ccccc32)c1. The number of nitrogens with zero attached hydrogens (tertiary/aromatic N) is 3. The first-order valence-electron chi connectivity index (χ1n) is 12.9. The molecule has 0 radical (unpaired) electrons. The van der Waals surface area contributed by atoms with Crippen LogP contribution in [0.5, 0.6) is 17.2 Å². The van der Waals surface area contributed by atoms with E-state index in [1.54, 1.807) is 0 Å². The predicted octanol–water partition coefficient (Wildman–Crippen LogP) is 5.41. The van der Waals surface area contributed by atoms with Crippen LogP contribution in [0.1, 0.15) is 35.7 Å². The lowest BCUT2D eigenvalue weighted by Gasteiger charge is -2.22. The van der Waals surface area contributed by atoms with Crippen molar-refractivity contribution in [3.63, 3.8) is 0 Å². The summed E-state index contributed by atoms with van der Waals surface area (Å²) in [5.41, 5.74) is 5.28. The first-order chi connectivity index (χ1) is 18.0. The summed E-state index contributed by atoms with van der Waals surface area (Å²) in [5.74, 6) is 3.39. The van der Waals surface area contributed by atoms with Crippen LogP contribution in [0.4, 0.5) is 5.69 Å². The van der Waals surface area contributed by atoms with Crippen LogP contribution in [0.3, 0.4) is 0 Å². The fraction of sp³-hybridized carbons (Fsp3) is 0.333. The van der Waals surface area contributed by atoms with Crippen LogP contribution in [-0.4, -0.2) is 41.8 Å². The third-order valence-electron chi connectivity index (χ3n) is 7.00. The predicted molar refractivity (Wildman–Crippen MR) is 143 cm³/mol. The number of aromatic nitrogens is 2. The topological polar surface area (TPSA) is 65.8 Å². The maximum absolute atomic E-state index is 13.1. The highest BCUT2D eigenvalue weighted by Crippen LogP contribution is 2.38. The molecule has 1 aromatic heterocycles. The number of fused-ring (bicyclic) bond motifs is 2. The van der Waals surface area contributed by atoms with Crippen LogP contribution >= 0.6 is 0 Å². The second-order valence-electron chi connectivity index (χ2n) is 9.87. The molecule has 0 aliphatic carbocycles. The number of rotatable bonds is 7. The van der Waals surface area contributed by atoms with Crippen LogP contribution in [0, 0.1) is 13.8 Å². The van der Waals surface area contributed by atoms with Crippen LogP contribution in [0.2, 0.25) is 0 Å². The fourth-order valence-electron chi connectivity index (χ4n) is 5.40. The summed E-state index contributed by atoms with van der Waals surface area (Å²) in [7, 11) is 0. The number of carbonyl (C=O) groups is 1. The van der Waals surface area contributed by atoms with Gasteiger partial charge in [0.15, 0.2) is 11.5 Å². The Bertz CT molecular complexity index is 1440. The lowest BCUT2D eigenvalue weighted by atomic mass is 10.1. The van der Waals surface area contributed by atoms with Gasteiger partial charge in [-0.25, -0.2) is 4.98 Å². The van der Waals surface area contributed by atoms with Gasteiger partial charge in [-0.05, 0) is 67.8 Å². The van der Waals surface area contributed by atoms with Crippen molar-refractivity contribution in [1.29, 1.82) is 0 Å². The smallest absolute Gasteiger partial charge is 0.227 e. The van der Waals surface area contributed by atoms with Crippen molar-refractivity contribution in [2.45, 2.75) is 39.2 Å². The first kappa shape index (κ1) is 23.4. The molecule has 4 aromatic rings. The van der Waals surface area contributed by atoms with Crippen LogP contribution in [0.15, 0.2) is 60.7 Å². The Morgan fingerprint density at radius 2 is 1.76 bits per heavy atom. The number of para-hydroxylation sites is 2. The quantitative estimate of drug-likeness (QED) is 0.319. The maximum Gasteiger partial charge on any atom is 0.227 e. The third kappa shape index (κ3) is 4.73. The Balaban J connectivity index is 1.20. The van der Waals surface area contributed by atoms with E-state index in [1.807, 2.05) is 41.3 Å². The monoisotopic (exact) mass is 497 g/mol. The highest BCUT2D eigenvalue weighted by molar-refractivity contribution is 5.97. The second kappa shape index (κ2) is 9.81. The molecular weight excluding hydrogens is 466 g/mol. The Kier molecular flexibility index (Phi) is 6.20. The molecule has 190 valence electrons. The van der Waals surface area contributed by atoms with E-state index in [4.69, 9.17) is 19.2 Å². The van der Waals surface area contributed by atoms with Gasteiger partial charge in [-0.15, -0.1) is 0 Å². The van der Waals surface area contributed by atoms with E-state index < -0.39 is 0 Å². The zero-order chi connectivity index (χ0) is 25.4. The van der Waals surface area contributed by atoms with Gasteiger partial charge in [0.1, 0.15) is 24.8 Å². The first-order valence-corrected chi connectivity index (χ1v) is 12.9. The molecule has 1 unspecified atom stereocenters.